The van der Waals surface area contributed by atoms with Gasteiger partial charge in [0.15, 0.2) is 15.5 Å². The molecule has 3 aromatic rings. The second-order valence-electron chi connectivity index (χ2n) is 9.32. The lowest BCUT2D eigenvalue weighted by molar-refractivity contribution is 0.0955. The molecule has 0 saturated carbocycles. The van der Waals surface area contributed by atoms with Gasteiger partial charge in [0, 0.05) is 12.1 Å². The predicted octanol–water partition coefficient (Wildman–Crippen LogP) is 4.39. The van der Waals surface area contributed by atoms with Crippen LogP contribution in [0.3, 0.4) is 0 Å². The zero-order chi connectivity index (χ0) is 23.7. The minimum atomic E-state index is -3.09. The smallest absolute Gasteiger partial charge is 0.252 e. The van der Waals surface area contributed by atoms with Crippen molar-refractivity contribution in [3.8, 4) is 11.3 Å². The summed E-state index contributed by atoms with van der Waals surface area (Å²) >= 11 is 0. The molecule has 2 aromatic heterocycles. The lowest BCUT2D eigenvalue weighted by Gasteiger charge is -2.14. The van der Waals surface area contributed by atoms with Crippen LogP contribution in [0.2, 0.25) is 0 Å². The topological polar surface area (TPSA) is 93.9 Å². The summed E-state index contributed by atoms with van der Waals surface area (Å²) in [4.78, 5) is 18.3. The molecule has 1 aliphatic heterocycles. The minimum Gasteiger partial charge on any atom is -0.352 e. The number of fused-ring (bicyclic) bond motifs is 1. The van der Waals surface area contributed by atoms with E-state index < -0.39 is 9.84 Å². The zero-order valence-corrected chi connectivity index (χ0v) is 20.3. The van der Waals surface area contributed by atoms with Crippen molar-refractivity contribution in [3.63, 3.8) is 0 Å². The first-order valence-corrected chi connectivity index (χ1v) is 13.9. The fraction of sp³-hybridized carbons (Fsp3) is 0.423. The molecule has 5 rings (SSSR count). The second-order valence-corrected chi connectivity index (χ2v) is 11.5. The van der Waals surface area contributed by atoms with E-state index in [-0.39, 0.29) is 23.5 Å². The maximum Gasteiger partial charge on any atom is 0.252 e. The Balaban J connectivity index is 1.53. The number of aromatic nitrogens is 3. The summed E-state index contributed by atoms with van der Waals surface area (Å²) in [6, 6.07) is 11.3. The monoisotopic (exact) mass is 478 g/mol. The number of nitrogens with one attached hydrogen (secondary N) is 1. The van der Waals surface area contributed by atoms with Gasteiger partial charge >= 0.3 is 0 Å². The Labute approximate surface area is 200 Å². The summed E-state index contributed by atoms with van der Waals surface area (Å²) in [5, 5.41) is 8.46. The van der Waals surface area contributed by atoms with Crippen LogP contribution in [0.4, 0.5) is 0 Å². The number of benzene rings is 1. The number of carbonyl (C=O) groups excluding carboxylic acids is 1. The van der Waals surface area contributed by atoms with Crippen molar-refractivity contribution in [2.24, 2.45) is 0 Å². The number of amides is 1. The highest BCUT2D eigenvalue weighted by atomic mass is 32.2. The van der Waals surface area contributed by atoms with Crippen LogP contribution in [0.5, 0.6) is 0 Å². The van der Waals surface area contributed by atoms with Crippen molar-refractivity contribution < 1.29 is 13.2 Å². The van der Waals surface area contributed by atoms with Gasteiger partial charge in [0.25, 0.3) is 5.91 Å². The van der Waals surface area contributed by atoms with E-state index in [9.17, 15) is 13.2 Å². The largest absolute Gasteiger partial charge is 0.352 e. The van der Waals surface area contributed by atoms with Gasteiger partial charge in [-0.1, -0.05) is 42.0 Å². The maximum absolute atomic E-state index is 13.4. The Morgan fingerprint density at radius 1 is 1.21 bits per heavy atom. The van der Waals surface area contributed by atoms with E-state index in [1.165, 1.54) is 18.4 Å². The molecule has 1 amide bonds. The van der Waals surface area contributed by atoms with Crippen molar-refractivity contribution in [3.05, 3.63) is 59.3 Å². The standard InChI is InChI=1S/C26H30N4O3S/c1-18-24-22(26(31)27-14-12-19-8-4-2-5-9-19)16-23(20-10-6-3-7-11-20)28-25(24)30(29-18)21-13-15-34(32,33)17-21/h3,6-8,10-11,16,21H,2,4-5,9,12-15,17H2,1H3,(H,27,31)/t21-/m1/s1. The van der Waals surface area contributed by atoms with Crippen LogP contribution < -0.4 is 5.32 Å². The van der Waals surface area contributed by atoms with Crippen LogP contribution in [0, 0.1) is 6.92 Å². The molecule has 3 heterocycles. The number of rotatable bonds is 6. The van der Waals surface area contributed by atoms with E-state index in [0.29, 0.717) is 41.0 Å². The fourth-order valence-corrected chi connectivity index (χ4v) is 6.73. The van der Waals surface area contributed by atoms with E-state index in [0.717, 1.165) is 24.8 Å². The average molecular weight is 479 g/mol. The van der Waals surface area contributed by atoms with Crippen LogP contribution in [-0.4, -0.2) is 47.1 Å². The first-order valence-electron chi connectivity index (χ1n) is 12.0. The Bertz CT molecular complexity index is 1360. The molecule has 0 spiro atoms. The van der Waals surface area contributed by atoms with E-state index >= 15 is 0 Å². The lowest BCUT2D eigenvalue weighted by atomic mass is 9.97. The molecule has 1 aromatic carbocycles. The van der Waals surface area contributed by atoms with Gasteiger partial charge in [-0.25, -0.2) is 18.1 Å². The molecule has 34 heavy (non-hydrogen) atoms. The van der Waals surface area contributed by atoms with Crippen molar-refractivity contribution in [2.45, 2.75) is 51.5 Å². The third-order valence-electron chi connectivity index (χ3n) is 6.82. The summed E-state index contributed by atoms with van der Waals surface area (Å²) in [5.74, 6) is 0.0548. The van der Waals surface area contributed by atoms with Gasteiger partial charge in [-0.2, -0.15) is 5.10 Å². The van der Waals surface area contributed by atoms with Gasteiger partial charge in [-0.05, 0) is 51.5 Å². The number of pyridine rings is 1. The van der Waals surface area contributed by atoms with Crippen LogP contribution in [-0.2, 0) is 9.84 Å². The van der Waals surface area contributed by atoms with Crippen molar-refractivity contribution in [1.29, 1.82) is 0 Å². The number of hydrogen-bond donors (Lipinski definition) is 1. The molecule has 2 aliphatic rings. The maximum atomic E-state index is 13.4. The fourth-order valence-electron chi connectivity index (χ4n) is 5.04. The molecule has 0 radical (unpaired) electrons. The van der Waals surface area contributed by atoms with E-state index in [1.807, 2.05) is 43.3 Å². The molecule has 1 atom stereocenters. The molecule has 1 N–H and O–H groups in total. The van der Waals surface area contributed by atoms with Gasteiger partial charge in [-0.3, -0.25) is 4.79 Å². The molecular formula is C26H30N4O3S. The summed E-state index contributed by atoms with van der Waals surface area (Å²) in [5.41, 5.74) is 4.78. The Hall–Kier alpha value is -3.00. The Kier molecular flexibility index (Phi) is 6.25. The number of hydrogen-bond acceptors (Lipinski definition) is 5. The quantitative estimate of drug-likeness (QED) is 0.531. The third-order valence-corrected chi connectivity index (χ3v) is 8.57. The van der Waals surface area contributed by atoms with E-state index in [4.69, 9.17) is 4.98 Å². The molecule has 8 heteroatoms. The number of carbonyl (C=O) groups is 1. The average Bonchev–Trinajstić information content (AvgIpc) is 3.38. The normalized spacial score (nSPS) is 19.8. The molecule has 1 aliphatic carbocycles. The number of sulfone groups is 1. The summed E-state index contributed by atoms with van der Waals surface area (Å²) in [7, 11) is -3.09. The van der Waals surface area contributed by atoms with Crippen LogP contribution >= 0.6 is 0 Å². The van der Waals surface area contributed by atoms with Crippen molar-refractivity contribution >= 4 is 26.8 Å². The van der Waals surface area contributed by atoms with Crippen LogP contribution in [0.25, 0.3) is 22.3 Å². The van der Waals surface area contributed by atoms with Crippen molar-refractivity contribution in [1.82, 2.24) is 20.1 Å². The van der Waals surface area contributed by atoms with Crippen molar-refractivity contribution in [2.75, 3.05) is 18.1 Å². The SMILES string of the molecule is Cc1nn([C@@H]2CCS(=O)(=O)C2)c2nc(-c3ccccc3)cc(C(=O)NCCC3=CCCCC3)c12. The first kappa shape index (κ1) is 22.8. The molecule has 0 unspecified atom stereocenters. The Morgan fingerprint density at radius 3 is 2.74 bits per heavy atom. The molecule has 178 valence electrons. The number of aryl methyl sites for hydroxylation is 1. The van der Waals surface area contributed by atoms with Gasteiger partial charge in [-0.15, -0.1) is 0 Å². The second kappa shape index (κ2) is 9.33. The molecule has 0 bridgehead atoms. The first-order chi connectivity index (χ1) is 16.4. The van der Waals surface area contributed by atoms with Gasteiger partial charge in [0.2, 0.25) is 0 Å². The number of nitrogens with zero attached hydrogens (tertiary/aromatic N) is 3. The molecule has 1 saturated heterocycles. The highest BCUT2D eigenvalue weighted by Gasteiger charge is 2.32. The zero-order valence-electron chi connectivity index (χ0n) is 19.5. The van der Waals surface area contributed by atoms with Gasteiger partial charge in [0.05, 0.1) is 39.9 Å². The summed E-state index contributed by atoms with van der Waals surface area (Å²) in [6.45, 7) is 2.44. The van der Waals surface area contributed by atoms with Crippen LogP contribution in [0.1, 0.15) is 60.6 Å². The van der Waals surface area contributed by atoms with Gasteiger partial charge in [0.1, 0.15) is 0 Å². The highest BCUT2D eigenvalue weighted by molar-refractivity contribution is 7.91. The molecule has 1 fully saturated rings. The van der Waals surface area contributed by atoms with E-state index in [1.54, 1.807) is 4.68 Å². The minimum absolute atomic E-state index is 0.0527. The summed E-state index contributed by atoms with van der Waals surface area (Å²) < 4.78 is 26.0. The van der Waals surface area contributed by atoms with E-state index in [2.05, 4.69) is 16.5 Å². The molecule has 7 nitrogen and oxygen atoms in total. The Morgan fingerprint density at radius 2 is 2.03 bits per heavy atom. The third kappa shape index (κ3) is 4.64. The predicted molar refractivity (Wildman–Crippen MR) is 134 cm³/mol. The summed E-state index contributed by atoms with van der Waals surface area (Å²) in [6.07, 6.45) is 8.39. The lowest BCUT2D eigenvalue weighted by Crippen LogP contribution is -2.25. The molecular weight excluding hydrogens is 448 g/mol. The highest BCUT2D eigenvalue weighted by Crippen LogP contribution is 2.32. The van der Waals surface area contributed by atoms with Gasteiger partial charge < -0.3 is 5.32 Å². The number of allylic oxidation sites excluding steroid dienone is 1. The van der Waals surface area contributed by atoms with Crippen LogP contribution in [0.15, 0.2) is 48.0 Å².